The number of rotatable bonds is 3. The molecular weight excluding hydrogens is 200 g/mol. The van der Waals surface area contributed by atoms with Crippen LogP contribution in [0.4, 0.5) is 0 Å². The first-order valence-corrected chi connectivity index (χ1v) is 5.05. The molecule has 80 valence electrons. The number of hydrogen-bond acceptors (Lipinski definition) is 2. The molecule has 0 atom stereocenters. The minimum Gasteiger partial charge on any atom is -0.366 e. The molecule has 0 bridgehead atoms. The quantitative estimate of drug-likeness (QED) is 0.843. The summed E-state index contributed by atoms with van der Waals surface area (Å²) in [5.74, 6) is -0.431. The van der Waals surface area contributed by atoms with Crippen molar-refractivity contribution in [1.29, 1.82) is 0 Å². The van der Waals surface area contributed by atoms with Crippen molar-refractivity contribution >= 4 is 5.91 Å². The number of carbonyl (C=O) groups is 1. The van der Waals surface area contributed by atoms with E-state index < -0.39 is 5.91 Å². The number of carbonyl (C=O) groups excluding carboxylic acids is 1. The second-order valence-electron chi connectivity index (χ2n) is 3.52. The fraction of sp³-hybridized carbons (Fsp3) is 0.0769. The first-order valence-electron chi connectivity index (χ1n) is 5.05. The van der Waals surface area contributed by atoms with E-state index in [4.69, 9.17) is 5.73 Å². The second kappa shape index (κ2) is 4.57. The van der Waals surface area contributed by atoms with Crippen LogP contribution in [0.15, 0.2) is 48.7 Å². The molecular formula is C13H12N2O. The predicted molar refractivity (Wildman–Crippen MR) is 62.0 cm³/mol. The van der Waals surface area contributed by atoms with Crippen LogP contribution in [0.3, 0.4) is 0 Å². The number of benzene rings is 1. The third-order valence-electron chi connectivity index (χ3n) is 2.37. The van der Waals surface area contributed by atoms with Gasteiger partial charge in [0.1, 0.15) is 0 Å². The third kappa shape index (κ3) is 2.25. The standard InChI is InChI=1S/C13H12N2O/c14-13(16)11-7-4-8-15-12(11)9-10-5-2-1-3-6-10/h1-8H,9H2,(H2,14,16). The molecule has 1 aromatic heterocycles. The lowest BCUT2D eigenvalue weighted by Gasteiger charge is -2.04. The Morgan fingerprint density at radius 3 is 2.56 bits per heavy atom. The lowest BCUT2D eigenvalue weighted by atomic mass is 10.1. The lowest BCUT2D eigenvalue weighted by Crippen LogP contribution is -2.14. The summed E-state index contributed by atoms with van der Waals surface area (Å²) in [6.45, 7) is 0. The maximum atomic E-state index is 11.2. The molecule has 3 nitrogen and oxygen atoms in total. The van der Waals surface area contributed by atoms with E-state index in [1.54, 1.807) is 18.3 Å². The van der Waals surface area contributed by atoms with E-state index in [9.17, 15) is 4.79 Å². The number of hydrogen-bond donors (Lipinski definition) is 1. The molecule has 0 fully saturated rings. The Kier molecular flexibility index (Phi) is 2.96. The average Bonchev–Trinajstić information content (AvgIpc) is 2.31. The molecule has 16 heavy (non-hydrogen) atoms. The van der Waals surface area contributed by atoms with E-state index in [0.717, 1.165) is 11.3 Å². The Balaban J connectivity index is 2.31. The fourth-order valence-corrected chi connectivity index (χ4v) is 1.59. The second-order valence-corrected chi connectivity index (χ2v) is 3.52. The molecule has 0 saturated carbocycles. The summed E-state index contributed by atoms with van der Waals surface area (Å²) >= 11 is 0. The van der Waals surface area contributed by atoms with Crippen LogP contribution in [0.1, 0.15) is 21.6 Å². The summed E-state index contributed by atoms with van der Waals surface area (Å²) in [7, 11) is 0. The van der Waals surface area contributed by atoms with Gasteiger partial charge in [0.05, 0.1) is 11.3 Å². The predicted octanol–water partition coefficient (Wildman–Crippen LogP) is 1.77. The number of pyridine rings is 1. The molecule has 1 amide bonds. The van der Waals surface area contributed by atoms with E-state index in [1.165, 1.54) is 0 Å². The third-order valence-corrected chi connectivity index (χ3v) is 2.37. The zero-order chi connectivity index (χ0) is 11.4. The summed E-state index contributed by atoms with van der Waals surface area (Å²) in [6.07, 6.45) is 2.30. The fourth-order valence-electron chi connectivity index (χ4n) is 1.59. The number of nitrogens with two attached hydrogens (primary N) is 1. The van der Waals surface area contributed by atoms with Crippen molar-refractivity contribution in [2.24, 2.45) is 5.73 Å². The van der Waals surface area contributed by atoms with Gasteiger partial charge in [-0.05, 0) is 17.7 Å². The molecule has 0 aliphatic rings. The first kappa shape index (κ1) is 10.4. The van der Waals surface area contributed by atoms with Crippen LogP contribution in [0.25, 0.3) is 0 Å². The van der Waals surface area contributed by atoms with Crippen LogP contribution in [-0.2, 0) is 6.42 Å². The highest BCUT2D eigenvalue weighted by atomic mass is 16.1. The molecule has 0 spiro atoms. The van der Waals surface area contributed by atoms with Gasteiger partial charge in [0, 0.05) is 12.6 Å². The molecule has 0 saturated heterocycles. The van der Waals surface area contributed by atoms with Crippen molar-refractivity contribution in [3.8, 4) is 0 Å². The number of primary amides is 1. The van der Waals surface area contributed by atoms with Gasteiger partial charge in [-0.1, -0.05) is 30.3 Å². The molecule has 2 aromatic rings. The number of nitrogens with zero attached hydrogens (tertiary/aromatic N) is 1. The maximum absolute atomic E-state index is 11.2. The first-order chi connectivity index (χ1) is 7.77. The van der Waals surface area contributed by atoms with E-state index in [1.807, 2.05) is 30.3 Å². The van der Waals surface area contributed by atoms with Crippen molar-refractivity contribution in [1.82, 2.24) is 4.98 Å². The van der Waals surface area contributed by atoms with Gasteiger partial charge in [-0.25, -0.2) is 0 Å². The minimum absolute atomic E-state index is 0.431. The Morgan fingerprint density at radius 1 is 1.12 bits per heavy atom. The summed E-state index contributed by atoms with van der Waals surface area (Å²) < 4.78 is 0. The Hall–Kier alpha value is -2.16. The van der Waals surface area contributed by atoms with Gasteiger partial charge in [-0.3, -0.25) is 9.78 Å². The van der Waals surface area contributed by atoms with Crippen molar-refractivity contribution < 1.29 is 4.79 Å². The zero-order valence-electron chi connectivity index (χ0n) is 8.76. The van der Waals surface area contributed by atoms with Crippen LogP contribution in [0.5, 0.6) is 0 Å². The van der Waals surface area contributed by atoms with Gasteiger partial charge in [0.2, 0.25) is 0 Å². The lowest BCUT2D eigenvalue weighted by molar-refractivity contribution is 0.0999. The van der Waals surface area contributed by atoms with Gasteiger partial charge in [-0.2, -0.15) is 0 Å². The number of aromatic nitrogens is 1. The summed E-state index contributed by atoms with van der Waals surface area (Å²) in [4.78, 5) is 15.4. The molecule has 0 aliphatic heterocycles. The van der Waals surface area contributed by atoms with Gasteiger partial charge < -0.3 is 5.73 Å². The molecule has 1 heterocycles. The van der Waals surface area contributed by atoms with Crippen molar-refractivity contribution in [2.75, 3.05) is 0 Å². The SMILES string of the molecule is NC(=O)c1cccnc1Cc1ccccc1. The van der Waals surface area contributed by atoms with Crippen LogP contribution in [-0.4, -0.2) is 10.9 Å². The van der Waals surface area contributed by atoms with Gasteiger partial charge >= 0.3 is 0 Å². The normalized spacial score (nSPS) is 10.0. The van der Waals surface area contributed by atoms with Crippen LogP contribution >= 0.6 is 0 Å². The van der Waals surface area contributed by atoms with Crippen molar-refractivity contribution in [3.05, 3.63) is 65.5 Å². The van der Waals surface area contributed by atoms with Gasteiger partial charge in [0.15, 0.2) is 0 Å². The topological polar surface area (TPSA) is 56.0 Å². The average molecular weight is 212 g/mol. The highest BCUT2D eigenvalue weighted by Gasteiger charge is 2.08. The van der Waals surface area contributed by atoms with Gasteiger partial charge in [0.25, 0.3) is 5.91 Å². The minimum atomic E-state index is -0.431. The smallest absolute Gasteiger partial charge is 0.250 e. The molecule has 1 aromatic carbocycles. The molecule has 2 rings (SSSR count). The van der Waals surface area contributed by atoms with Crippen molar-refractivity contribution in [2.45, 2.75) is 6.42 Å². The molecule has 0 aliphatic carbocycles. The Morgan fingerprint density at radius 2 is 1.88 bits per heavy atom. The van der Waals surface area contributed by atoms with Crippen LogP contribution < -0.4 is 5.73 Å². The zero-order valence-corrected chi connectivity index (χ0v) is 8.76. The molecule has 0 unspecified atom stereocenters. The Bertz CT molecular complexity index is 494. The number of amides is 1. The van der Waals surface area contributed by atoms with Crippen molar-refractivity contribution in [3.63, 3.8) is 0 Å². The molecule has 2 N–H and O–H groups in total. The summed E-state index contributed by atoms with van der Waals surface area (Å²) in [6, 6.07) is 13.3. The van der Waals surface area contributed by atoms with Crippen LogP contribution in [0.2, 0.25) is 0 Å². The highest BCUT2D eigenvalue weighted by molar-refractivity contribution is 5.93. The van der Waals surface area contributed by atoms with Gasteiger partial charge in [-0.15, -0.1) is 0 Å². The van der Waals surface area contributed by atoms with Crippen LogP contribution in [0, 0.1) is 0 Å². The molecule has 3 heteroatoms. The van der Waals surface area contributed by atoms with E-state index in [-0.39, 0.29) is 0 Å². The Labute approximate surface area is 93.9 Å². The molecule has 0 radical (unpaired) electrons. The maximum Gasteiger partial charge on any atom is 0.250 e. The largest absolute Gasteiger partial charge is 0.366 e. The van der Waals surface area contributed by atoms with E-state index in [2.05, 4.69) is 4.98 Å². The highest BCUT2D eigenvalue weighted by Crippen LogP contribution is 2.11. The monoisotopic (exact) mass is 212 g/mol. The van der Waals surface area contributed by atoms with E-state index >= 15 is 0 Å². The summed E-state index contributed by atoms with van der Waals surface area (Å²) in [5, 5.41) is 0. The van der Waals surface area contributed by atoms with E-state index in [0.29, 0.717) is 12.0 Å². The summed E-state index contributed by atoms with van der Waals surface area (Å²) in [5.41, 5.74) is 7.62.